The first-order chi connectivity index (χ1) is 9.97. The molecule has 21 heavy (non-hydrogen) atoms. The van der Waals surface area contributed by atoms with Crippen molar-refractivity contribution >= 4 is 11.9 Å². The predicted molar refractivity (Wildman–Crippen MR) is 78.2 cm³/mol. The average Bonchev–Trinajstić information content (AvgIpc) is 2.43. The molecule has 2 unspecified atom stereocenters. The van der Waals surface area contributed by atoms with Crippen molar-refractivity contribution in [1.29, 1.82) is 0 Å². The van der Waals surface area contributed by atoms with Gasteiger partial charge in [-0.2, -0.15) is 0 Å². The maximum Gasteiger partial charge on any atom is 0.314 e. The fourth-order valence-corrected chi connectivity index (χ4v) is 2.54. The highest BCUT2D eigenvalue weighted by Crippen LogP contribution is 2.27. The van der Waals surface area contributed by atoms with E-state index in [0.717, 1.165) is 12.0 Å². The number of aryl methyl sites for hydroxylation is 1. The molecule has 4 nitrogen and oxygen atoms in total. The fourth-order valence-electron chi connectivity index (χ4n) is 2.54. The lowest BCUT2D eigenvalue weighted by molar-refractivity contribution is -0.313. The number of hydrogen-bond acceptors (Lipinski definition) is 4. The Bertz CT molecular complexity index is 453. The molecule has 0 aliphatic rings. The van der Waals surface area contributed by atoms with Gasteiger partial charge in [0.25, 0.3) is 0 Å². The molecule has 1 rings (SSSR count). The normalized spacial score (nSPS) is 13.7. The quantitative estimate of drug-likeness (QED) is 0.541. The minimum atomic E-state index is -1.35. The van der Waals surface area contributed by atoms with Crippen LogP contribution in [-0.2, 0) is 20.7 Å². The zero-order chi connectivity index (χ0) is 15.8. The van der Waals surface area contributed by atoms with E-state index in [1.165, 1.54) is 0 Å². The Morgan fingerprint density at radius 2 is 1.81 bits per heavy atom. The van der Waals surface area contributed by atoms with Gasteiger partial charge in [-0.1, -0.05) is 44.2 Å². The monoisotopic (exact) mass is 291 g/mol. The molecule has 4 heteroatoms. The summed E-state index contributed by atoms with van der Waals surface area (Å²) in [5.74, 6) is -3.48. The van der Waals surface area contributed by atoms with Crippen LogP contribution in [0.25, 0.3) is 0 Å². The zero-order valence-electron chi connectivity index (χ0n) is 12.9. The second-order valence-electron chi connectivity index (χ2n) is 5.48. The number of hydrogen-bond donors (Lipinski definition) is 0. The van der Waals surface area contributed by atoms with Gasteiger partial charge < -0.3 is 14.6 Å². The van der Waals surface area contributed by atoms with Crippen LogP contribution < -0.4 is 5.11 Å². The van der Waals surface area contributed by atoms with E-state index in [-0.39, 0.29) is 18.4 Å². The van der Waals surface area contributed by atoms with Crippen molar-refractivity contribution in [3.63, 3.8) is 0 Å². The number of rotatable bonds is 8. The summed E-state index contributed by atoms with van der Waals surface area (Å²) in [6, 6.07) is 9.82. The van der Waals surface area contributed by atoms with Crippen LogP contribution in [0.15, 0.2) is 30.3 Å². The molecule has 0 spiro atoms. The van der Waals surface area contributed by atoms with Gasteiger partial charge in [0.05, 0.1) is 18.5 Å². The summed E-state index contributed by atoms with van der Waals surface area (Å²) in [6.07, 6.45) is 1.34. The van der Waals surface area contributed by atoms with E-state index in [0.29, 0.717) is 6.42 Å². The van der Waals surface area contributed by atoms with Crippen LogP contribution >= 0.6 is 0 Å². The predicted octanol–water partition coefficient (Wildman–Crippen LogP) is 1.82. The molecule has 0 saturated carbocycles. The number of carbonyl (C=O) groups is 2. The van der Waals surface area contributed by atoms with E-state index in [4.69, 9.17) is 4.74 Å². The third-order valence-corrected chi connectivity index (χ3v) is 3.69. The van der Waals surface area contributed by atoms with Crippen molar-refractivity contribution in [3.05, 3.63) is 35.9 Å². The number of carbonyl (C=O) groups excluding carboxylic acids is 2. The molecule has 0 fully saturated rings. The Kier molecular flexibility index (Phi) is 6.92. The van der Waals surface area contributed by atoms with Crippen LogP contribution in [0.1, 0.15) is 32.8 Å². The molecule has 0 radical (unpaired) electrons. The highest BCUT2D eigenvalue weighted by atomic mass is 16.5. The number of carboxylic acid groups (broad SMARTS) is 1. The van der Waals surface area contributed by atoms with Crippen LogP contribution in [0, 0.1) is 17.8 Å². The Morgan fingerprint density at radius 1 is 1.19 bits per heavy atom. The first-order valence-electron chi connectivity index (χ1n) is 7.38. The third kappa shape index (κ3) is 5.21. The minimum absolute atomic E-state index is 0.0565. The number of ether oxygens (including phenoxy) is 1. The van der Waals surface area contributed by atoms with Gasteiger partial charge in [-0.25, -0.2) is 0 Å². The molecule has 1 aromatic rings. The number of aliphatic carboxylic acids is 1. The summed E-state index contributed by atoms with van der Waals surface area (Å²) in [6.45, 7) is 5.68. The highest BCUT2D eigenvalue weighted by Gasteiger charge is 2.32. The molecule has 0 aromatic heterocycles. The van der Waals surface area contributed by atoms with Gasteiger partial charge in [0.1, 0.15) is 0 Å². The molecule has 2 atom stereocenters. The van der Waals surface area contributed by atoms with E-state index >= 15 is 0 Å². The van der Waals surface area contributed by atoms with Crippen LogP contribution in [0.3, 0.4) is 0 Å². The van der Waals surface area contributed by atoms with Crippen LogP contribution in [0.4, 0.5) is 0 Å². The van der Waals surface area contributed by atoms with Crippen molar-refractivity contribution < 1.29 is 19.4 Å². The first-order valence-corrected chi connectivity index (χ1v) is 7.38. The van der Waals surface area contributed by atoms with Crippen molar-refractivity contribution in [2.45, 2.75) is 33.6 Å². The smallest absolute Gasteiger partial charge is 0.314 e. The average molecular weight is 291 g/mol. The Balaban J connectivity index is 2.82. The lowest BCUT2D eigenvalue weighted by atomic mass is 9.79. The lowest BCUT2D eigenvalue weighted by Crippen LogP contribution is -2.43. The third-order valence-electron chi connectivity index (χ3n) is 3.69. The van der Waals surface area contributed by atoms with Gasteiger partial charge in [-0.05, 0) is 37.2 Å². The Morgan fingerprint density at radius 3 is 2.29 bits per heavy atom. The van der Waals surface area contributed by atoms with Gasteiger partial charge >= 0.3 is 5.97 Å². The molecule has 116 valence electrons. The number of benzene rings is 1. The summed E-state index contributed by atoms with van der Waals surface area (Å²) in [5, 5.41) is 11.4. The standard InChI is InChI=1S/C17H24O4/c1-4-21-17(20)15(16(18)19)14(12(2)3)11-10-13-8-6-5-7-9-13/h5-9,12,14-15H,4,10-11H2,1-3H3,(H,18,19)/p-1. The topological polar surface area (TPSA) is 66.4 Å². The summed E-state index contributed by atoms with van der Waals surface area (Å²) in [7, 11) is 0. The van der Waals surface area contributed by atoms with Crippen molar-refractivity contribution in [2.24, 2.45) is 17.8 Å². The van der Waals surface area contributed by atoms with Crippen LogP contribution in [0.5, 0.6) is 0 Å². The molecular weight excluding hydrogens is 268 g/mol. The molecule has 0 saturated heterocycles. The molecule has 1 aromatic carbocycles. The zero-order valence-corrected chi connectivity index (χ0v) is 12.9. The van der Waals surface area contributed by atoms with E-state index in [9.17, 15) is 14.7 Å². The minimum Gasteiger partial charge on any atom is -0.549 e. The molecule has 0 bridgehead atoms. The van der Waals surface area contributed by atoms with E-state index in [2.05, 4.69) is 0 Å². The van der Waals surface area contributed by atoms with E-state index in [1.807, 2.05) is 44.2 Å². The maximum absolute atomic E-state index is 11.9. The highest BCUT2D eigenvalue weighted by molar-refractivity contribution is 5.93. The fraction of sp³-hybridized carbons (Fsp3) is 0.529. The first kappa shape index (κ1) is 17.2. The molecule has 0 N–H and O–H groups in total. The van der Waals surface area contributed by atoms with Gasteiger partial charge in [0, 0.05) is 0 Å². The lowest BCUT2D eigenvalue weighted by Gasteiger charge is -2.29. The van der Waals surface area contributed by atoms with Gasteiger partial charge in [-0.3, -0.25) is 4.79 Å². The molecule has 0 aliphatic carbocycles. The van der Waals surface area contributed by atoms with Crippen molar-refractivity contribution in [1.82, 2.24) is 0 Å². The van der Waals surface area contributed by atoms with Crippen molar-refractivity contribution in [3.8, 4) is 0 Å². The number of carboxylic acids is 1. The van der Waals surface area contributed by atoms with Gasteiger partial charge in [0.15, 0.2) is 0 Å². The molecule has 0 heterocycles. The number of esters is 1. The van der Waals surface area contributed by atoms with Crippen molar-refractivity contribution in [2.75, 3.05) is 6.61 Å². The summed E-state index contributed by atoms with van der Waals surface area (Å²) < 4.78 is 4.89. The Hall–Kier alpha value is -1.84. The second-order valence-corrected chi connectivity index (χ2v) is 5.48. The summed E-state index contributed by atoms with van der Waals surface area (Å²) in [4.78, 5) is 23.3. The summed E-state index contributed by atoms with van der Waals surface area (Å²) in [5.41, 5.74) is 1.13. The second kappa shape index (κ2) is 8.45. The van der Waals surface area contributed by atoms with Crippen LogP contribution in [0.2, 0.25) is 0 Å². The van der Waals surface area contributed by atoms with Gasteiger partial charge in [0.2, 0.25) is 0 Å². The Labute approximate surface area is 126 Å². The van der Waals surface area contributed by atoms with Gasteiger partial charge in [-0.15, -0.1) is 0 Å². The van der Waals surface area contributed by atoms with E-state index in [1.54, 1.807) is 6.92 Å². The molecule has 0 aliphatic heterocycles. The van der Waals surface area contributed by atoms with E-state index < -0.39 is 17.9 Å². The largest absolute Gasteiger partial charge is 0.549 e. The molecular formula is C17H23O4-. The molecule has 0 amide bonds. The maximum atomic E-state index is 11.9. The summed E-state index contributed by atoms with van der Waals surface area (Å²) >= 11 is 0. The van der Waals surface area contributed by atoms with Crippen LogP contribution in [-0.4, -0.2) is 18.5 Å². The SMILES string of the molecule is CCOC(=O)C(C(=O)[O-])C(CCc1ccccc1)C(C)C.